The summed E-state index contributed by atoms with van der Waals surface area (Å²) in [7, 11) is -2.22. The maximum Gasteiger partial charge on any atom is 0.260 e. The molecule has 34 heavy (non-hydrogen) atoms. The molecule has 1 amide bonds. The molecule has 0 aliphatic heterocycles. The van der Waals surface area contributed by atoms with E-state index >= 15 is 0 Å². The number of ether oxygens (including phenoxy) is 2. The Bertz CT molecular complexity index is 1340. The molecule has 0 fully saturated rings. The highest BCUT2D eigenvalue weighted by Gasteiger charge is 2.22. The first kappa shape index (κ1) is 25.3. The van der Waals surface area contributed by atoms with E-state index in [1.54, 1.807) is 30.3 Å². The van der Waals surface area contributed by atoms with Gasteiger partial charge < -0.3 is 9.47 Å². The number of hydrazone groups is 1. The number of carbonyl (C=O) groups excluding carboxylic acids is 1. The average Bonchev–Trinajstić information content (AvgIpc) is 2.80. The quantitative estimate of drug-likeness (QED) is 0.235. The third-order valence-corrected chi connectivity index (χ3v) is 6.44. The number of hydrogen-bond acceptors (Lipinski definition) is 6. The van der Waals surface area contributed by atoms with Gasteiger partial charge in [0, 0.05) is 5.39 Å². The Morgan fingerprint density at radius 3 is 2.65 bits per heavy atom. The predicted molar refractivity (Wildman–Crippen MR) is 138 cm³/mol. The molecule has 0 unspecified atom stereocenters. The molecule has 0 aromatic heterocycles. The molecule has 3 aromatic carbocycles. The van der Waals surface area contributed by atoms with E-state index in [-0.39, 0.29) is 0 Å². The minimum Gasteiger partial charge on any atom is -0.493 e. The van der Waals surface area contributed by atoms with E-state index in [1.165, 1.54) is 13.3 Å². The Morgan fingerprint density at radius 1 is 1.21 bits per heavy atom. The van der Waals surface area contributed by atoms with E-state index in [4.69, 9.17) is 9.47 Å². The molecule has 0 bridgehead atoms. The molecular weight excluding hydrogens is 522 g/mol. The fourth-order valence-electron chi connectivity index (χ4n) is 3.25. The summed E-state index contributed by atoms with van der Waals surface area (Å²) in [4.78, 5) is 12.6. The number of nitrogens with one attached hydrogen (secondary N) is 1. The van der Waals surface area contributed by atoms with Crippen molar-refractivity contribution in [1.82, 2.24) is 5.43 Å². The van der Waals surface area contributed by atoms with Crippen LogP contribution in [0.15, 0.2) is 76.8 Å². The predicted octanol–water partition coefficient (Wildman–Crippen LogP) is 4.09. The SMILES string of the molecule is C=CCOc1c(Br)cc(/C=N\NC(=O)CN(c2cccc3ccccc23)S(C)(=O)=O)cc1OC. The number of methoxy groups -OCH3 is 1. The summed E-state index contributed by atoms with van der Waals surface area (Å²) < 4.78 is 37.6. The molecule has 10 heteroatoms. The van der Waals surface area contributed by atoms with E-state index in [2.05, 4.69) is 33.0 Å². The van der Waals surface area contributed by atoms with E-state index in [0.717, 1.165) is 21.3 Å². The maximum absolute atomic E-state index is 12.6. The molecule has 0 aliphatic carbocycles. The van der Waals surface area contributed by atoms with Gasteiger partial charge in [-0.25, -0.2) is 13.8 Å². The average molecular weight is 546 g/mol. The third-order valence-electron chi connectivity index (χ3n) is 4.72. The number of rotatable bonds is 10. The van der Waals surface area contributed by atoms with Crippen LogP contribution in [0.5, 0.6) is 11.5 Å². The van der Waals surface area contributed by atoms with Gasteiger partial charge in [-0.15, -0.1) is 0 Å². The molecule has 0 saturated heterocycles. The number of hydrogen-bond donors (Lipinski definition) is 1. The molecule has 0 spiro atoms. The van der Waals surface area contributed by atoms with Gasteiger partial charge >= 0.3 is 0 Å². The van der Waals surface area contributed by atoms with Gasteiger partial charge in [-0.05, 0) is 45.1 Å². The van der Waals surface area contributed by atoms with Crippen LogP contribution in [0, 0.1) is 0 Å². The lowest BCUT2D eigenvalue weighted by atomic mass is 10.1. The van der Waals surface area contributed by atoms with Gasteiger partial charge in [0.1, 0.15) is 13.2 Å². The maximum atomic E-state index is 12.6. The van der Waals surface area contributed by atoms with E-state index in [9.17, 15) is 13.2 Å². The lowest BCUT2D eigenvalue weighted by Crippen LogP contribution is -2.39. The zero-order chi connectivity index (χ0) is 24.7. The van der Waals surface area contributed by atoms with Crippen LogP contribution in [-0.2, 0) is 14.8 Å². The van der Waals surface area contributed by atoms with Crippen molar-refractivity contribution in [1.29, 1.82) is 0 Å². The van der Waals surface area contributed by atoms with Gasteiger partial charge in [0.25, 0.3) is 5.91 Å². The normalized spacial score (nSPS) is 11.4. The van der Waals surface area contributed by atoms with Crippen LogP contribution in [0.4, 0.5) is 5.69 Å². The van der Waals surface area contributed by atoms with Gasteiger partial charge in [0.2, 0.25) is 10.0 Å². The van der Waals surface area contributed by atoms with Crippen LogP contribution < -0.4 is 19.2 Å². The summed E-state index contributed by atoms with van der Waals surface area (Å²) in [6, 6.07) is 16.1. The van der Waals surface area contributed by atoms with Gasteiger partial charge in [-0.1, -0.05) is 49.1 Å². The van der Waals surface area contributed by atoms with Gasteiger partial charge in [0.05, 0.1) is 29.7 Å². The Morgan fingerprint density at radius 2 is 1.94 bits per heavy atom. The van der Waals surface area contributed by atoms with Crippen LogP contribution in [0.25, 0.3) is 10.8 Å². The molecule has 1 N–H and O–H groups in total. The van der Waals surface area contributed by atoms with Crippen molar-refractivity contribution in [2.45, 2.75) is 0 Å². The third kappa shape index (κ3) is 6.15. The zero-order valence-corrected chi connectivity index (χ0v) is 21.1. The summed E-state index contributed by atoms with van der Waals surface area (Å²) in [6.45, 7) is 3.51. The Hall–Kier alpha value is -3.37. The van der Waals surface area contributed by atoms with Crippen LogP contribution in [-0.4, -0.2) is 47.1 Å². The van der Waals surface area contributed by atoms with Crippen LogP contribution in [0.3, 0.4) is 0 Å². The van der Waals surface area contributed by atoms with Gasteiger partial charge in [-0.3, -0.25) is 9.10 Å². The van der Waals surface area contributed by atoms with Crippen LogP contribution in [0.2, 0.25) is 0 Å². The smallest absolute Gasteiger partial charge is 0.260 e. The molecule has 178 valence electrons. The molecular formula is C24H24BrN3O5S. The molecule has 3 aromatic rings. The van der Waals surface area contributed by atoms with Crippen molar-refractivity contribution in [3.05, 3.63) is 77.3 Å². The first-order chi connectivity index (χ1) is 16.2. The topological polar surface area (TPSA) is 97.3 Å². The number of benzene rings is 3. The minimum absolute atomic E-state index is 0.311. The Labute approximate surface area is 207 Å². The van der Waals surface area contributed by atoms with E-state index < -0.39 is 22.5 Å². The van der Waals surface area contributed by atoms with E-state index in [1.807, 2.05) is 30.3 Å². The molecule has 0 saturated carbocycles. The molecule has 0 radical (unpaired) electrons. The highest BCUT2D eigenvalue weighted by molar-refractivity contribution is 9.10. The number of sulfonamides is 1. The highest BCUT2D eigenvalue weighted by atomic mass is 79.9. The second-order valence-electron chi connectivity index (χ2n) is 7.19. The lowest BCUT2D eigenvalue weighted by Gasteiger charge is -2.23. The number of halogens is 1. The van der Waals surface area contributed by atoms with Gasteiger partial charge in [-0.2, -0.15) is 5.10 Å². The number of carbonyl (C=O) groups is 1. The van der Waals surface area contributed by atoms with Crippen molar-refractivity contribution in [3.8, 4) is 11.5 Å². The fourth-order valence-corrected chi connectivity index (χ4v) is 4.69. The summed E-state index contributed by atoms with van der Waals surface area (Å²) in [5, 5.41) is 5.55. The summed E-state index contributed by atoms with van der Waals surface area (Å²) in [5.74, 6) is 0.400. The lowest BCUT2D eigenvalue weighted by molar-refractivity contribution is -0.119. The first-order valence-electron chi connectivity index (χ1n) is 10.1. The number of amides is 1. The summed E-state index contributed by atoms with van der Waals surface area (Å²) >= 11 is 3.43. The number of nitrogens with zero attached hydrogens (tertiary/aromatic N) is 2. The highest BCUT2D eigenvalue weighted by Crippen LogP contribution is 2.36. The molecule has 0 atom stereocenters. The molecule has 8 nitrogen and oxygen atoms in total. The van der Waals surface area contributed by atoms with Crippen molar-refractivity contribution >= 4 is 54.5 Å². The summed E-state index contributed by atoms with van der Waals surface area (Å²) in [5.41, 5.74) is 3.43. The fraction of sp³-hybridized carbons (Fsp3) is 0.167. The molecule has 0 heterocycles. The number of fused-ring (bicyclic) bond motifs is 1. The standard InChI is InChI=1S/C24H24BrN3O5S/c1-4-12-33-24-20(25)13-17(14-22(24)32-2)15-26-27-23(29)16-28(34(3,30)31)21-11-7-9-18-8-5-6-10-19(18)21/h4-11,13-15H,1,12,16H2,2-3H3,(H,27,29)/b26-15-. The van der Waals surface area contributed by atoms with Crippen molar-refractivity contribution in [3.63, 3.8) is 0 Å². The molecule has 3 rings (SSSR count). The zero-order valence-electron chi connectivity index (χ0n) is 18.7. The monoisotopic (exact) mass is 545 g/mol. The van der Waals surface area contributed by atoms with Crippen molar-refractivity contribution in [2.75, 3.05) is 30.8 Å². The first-order valence-corrected chi connectivity index (χ1v) is 12.8. The molecule has 0 aliphatic rings. The van der Waals surface area contributed by atoms with E-state index in [0.29, 0.717) is 33.8 Å². The second-order valence-corrected chi connectivity index (χ2v) is 9.96. The van der Waals surface area contributed by atoms with Crippen molar-refractivity contribution in [2.24, 2.45) is 5.10 Å². The van der Waals surface area contributed by atoms with Crippen molar-refractivity contribution < 1.29 is 22.7 Å². The second kappa shape index (κ2) is 11.2. The largest absolute Gasteiger partial charge is 0.493 e. The Balaban J connectivity index is 1.77. The summed E-state index contributed by atoms with van der Waals surface area (Å²) in [6.07, 6.45) is 4.10. The van der Waals surface area contributed by atoms with Crippen LogP contribution in [0.1, 0.15) is 5.56 Å². The number of anilines is 1. The van der Waals surface area contributed by atoms with Crippen LogP contribution >= 0.6 is 15.9 Å². The Kier molecular flexibility index (Phi) is 8.30. The minimum atomic E-state index is -3.73. The van der Waals surface area contributed by atoms with Gasteiger partial charge in [0.15, 0.2) is 11.5 Å².